The fraction of sp³-hybridized carbons (Fsp3) is 0.933. The third-order valence-electron chi connectivity index (χ3n) is 3.58. The quantitative estimate of drug-likeness (QED) is 0.618. The molecular weight excluding hydrogens is 222 g/mol. The molecule has 3 heteroatoms. The third-order valence-corrected chi connectivity index (χ3v) is 3.58. The van der Waals surface area contributed by atoms with Crippen LogP contribution in [0.3, 0.4) is 0 Å². The summed E-state index contributed by atoms with van der Waals surface area (Å²) >= 11 is 0. The first-order valence-corrected chi connectivity index (χ1v) is 7.49. The molecule has 0 radical (unpaired) electrons. The highest BCUT2D eigenvalue weighted by molar-refractivity contribution is 5.80. The van der Waals surface area contributed by atoms with Crippen molar-refractivity contribution in [2.45, 2.75) is 66.5 Å². The molecule has 0 spiro atoms. The van der Waals surface area contributed by atoms with Crippen molar-refractivity contribution in [3.05, 3.63) is 0 Å². The lowest BCUT2D eigenvalue weighted by Crippen LogP contribution is -2.48. The van der Waals surface area contributed by atoms with Gasteiger partial charge in [-0.25, -0.2) is 0 Å². The van der Waals surface area contributed by atoms with Crippen LogP contribution in [-0.4, -0.2) is 36.0 Å². The van der Waals surface area contributed by atoms with Gasteiger partial charge in [-0.1, -0.05) is 13.8 Å². The number of nitrogens with zero attached hydrogens (tertiary/aromatic N) is 2. The molecule has 1 aliphatic rings. The Labute approximate surface area is 113 Å². The topological polar surface area (TPSA) is 27.6 Å². The van der Waals surface area contributed by atoms with Crippen LogP contribution in [0.5, 0.6) is 0 Å². The predicted octanol–water partition coefficient (Wildman–Crippen LogP) is 3.12. The van der Waals surface area contributed by atoms with Gasteiger partial charge < -0.3 is 10.2 Å². The summed E-state index contributed by atoms with van der Waals surface area (Å²) in [7, 11) is 0. The van der Waals surface area contributed by atoms with Gasteiger partial charge in [-0.2, -0.15) is 0 Å². The van der Waals surface area contributed by atoms with E-state index in [-0.39, 0.29) is 0 Å². The number of hydrogen-bond acceptors (Lipinski definition) is 1. The molecule has 0 saturated carbocycles. The van der Waals surface area contributed by atoms with Gasteiger partial charge in [-0.05, 0) is 52.4 Å². The summed E-state index contributed by atoms with van der Waals surface area (Å²) in [5, 5.41) is 3.50. The minimum Gasteiger partial charge on any atom is -0.354 e. The first-order chi connectivity index (χ1) is 8.40. The van der Waals surface area contributed by atoms with E-state index in [1.807, 2.05) is 0 Å². The van der Waals surface area contributed by atoms with Crippen molar-refractivity contribution in [3.8, 4) is 0 Å². The SMILES string of the molecule is CC(C)N=C(NC(C)C)N1CCC(C(C)C)CC1. The smallest absolute Gasteiger partial charge is 0.194 e. The van der Waals surface area contributed by atoms with E-state index < -0.39 is 0 Å². The number of guanidine groups is 1. The van der Waals surface area contributed by atoms with E-state index in [0.29, 0.717) is 12.1 Å². The van der Waals surface area contributed by atoms with Gasteiger partial charge in [0.05, 0.1) is 0 Å². The molecule has 1 fully saturated rings. The zero-order chi connectivity index (χ0) is 13.7. The van der Waals surface area contributed by atoms with Gasteiger partial charge >= 0.3 is 0 Å². The summed E-state index contributed by atoms with van der Waals surface area (Å²) in [5.74, 6) is 2.80. The van der Waals surface area contributed by atoms with Crippen molar-refractivity contribution in [1.29, 1.82) is 0 Å². The molecule has 0 unspecified atom stereocenters. The molecule has 0 aromatic rings. The van der Waals surface area contributed by atoms with Crippen molar-refractivity contribution in [1.82, 2.24) is 10.2 Å². The zero-order valence-electron chi connectivity index (χ0n) is 13.0. The molecule has 18 heavy (non-hydrogen) atoms. The van der Waals surface area contributed by atoms with E-state index in [2.05, 4.69) is 51.8 Å². The fourth-order valence-corrected chi connectivity index (χ4v) is 2.49. The summed E-state index contributed by atoms with van der Waals surface area (Å²) in [5.41, 5.74) is 0. The molecule has 0 bridgehead atoms. The van der Waals surface area contributed by atoms with Gasteiger partial charge in [-0.15, -0.1) is 0 Å². The lowest BCUT2D eigenvalue weighted by atomic mass is 9.87. The molecule has 0 aromatic heterocycles. The number of hydrogen-bond donors (Lipinski definition) is 1. The average Bonchev–Trinajstić information content (AvgIpc) is 2.27. The minimum absolute atomic E-state index is 0.356. The molecule has 1 N–H and O–H groups in total. The Morgan fingerprint density at radius 3 is 2.00 bits per heavy atom. The highest BCUT2D eigenvalue weighted by Crippen LogP contribution is 2.24. The highest BCUT2D eigenvalue weighted by Gasteiger charge is 2.23. The van der Waals surface area contributed by atoms with Crippen LogP contribution < -0.4 is 5.32 Å². The van der Waals surface area contributed by atoms with Crippen molar-refractivity contribution in [2.75, 3.05) is 13.1 Å². The molecule has 0 aromatic carbocycles. The maximum Gasteiger partial charge on any atom is 0.194 e. The van der Waals surface area contributed by atoms with Crippen LogP contribution >= 0.6 is 0 Å². The van der Waals surface area contributed by atoms with E-state index in [9.17, 15) is 0 Å². The van der Waals surface area contributed by atoms with Gasteiger partial charge in [0.1, 0.15) is 0 Å². The Morgan fingerprint density at radius 2 is 1.61 bits per heavy atom. The van der Waals surface area contributed by atoms with Crippen LogP contribution in [0.1, 0.15) is 54.4 Å². The Hall–Kier alpha value is -0.730. The second kappa shape index (κ2) is 7.01. The number of aliphatic imine (C=N–C) groups is 1. The van der Waals surface area contributed by atoms with Crippen LogP contribution in [0.2, 0.25) is 0 Å². The Balaban J connectivity index is 2.60. The molecule has 0 aliphatic carbocycles. The first kappa shape index (κ1) is 15.3. The standard InChI is InChI=1S/C15H31N3/c1-11(2)14-7-9-18(10-8-14)15(16-12(3)4)17-13(5)6/h11-14H,7-10H2,1-6H3,(H,16,17). The second-order valence-electron chi connectivity index (χ2n) is 6.41. The molecule has 3 nitrogen and oxygen atoms in total. The molecule has 1 saturated heterocycles. The van der Waals surface area contributed by atoms with Crippen LogP contribution in [0.15, 0.2) is 4.99 Å². The largest absolute Gasteiger partial charge is 0.354 e. The third kappa shape index (κ3) is 4.87. The summed E-state index contributed by atoms with van der Waals surface area (Å²) in [6, 6.07) is 0.805. The number of rotatable bonds is 3. The second-order valence-corrected chi connectivity index (χ2v) is 6.41. The van der Waals surface area contributed by atoms with Gasteiger partial charge in [0, 0.05) is 25.2 Å². The lowest BCUT2D eigenvalue weighted by Gasteiger charge is -2.36. The lowest BCUT2D eigenvalue weighted by molar-refractivity contribution is 0.214. The van der Waals surface area contributed by atoms with E-state index >= 15 is 0 Å². The first-order valence-electron chi connectivity index (χ1n) is 7.49. The van der Waals surface area contributed by atoms with E-state index in [4.69, 9.17) is 4.99 Å². The molecule has 0 atom stereocenters. The summed E-state index contributed by atoms with van der Waals surface area (Å²) in [6.07, 6.45) is 2.60. The molecule has 0 amide bonds. The molecule has 106 valence electrons. The van der Waals surface area contributed by atoms with Crippen LogP contribution in [0.25, 0.3) is 0 Å². The number of likely N-dealkylation sites (tertiary alicyclic amines) is 1. The molecule has 1 aliphatic heterocycles. The molecule has 1 rings (SSSR count). The van der Waals surface area contributed by atoms with Crippen molar-refractivity contribution in [2.24, 2.45) is 16.8 Å². The minimum atomic E-state index is 0.356. The summed E-state index contributed by atoms with van der Waals surface area (Å²) in [6.45, 7) is 15.6. The van der Waals surface area contributed by atoms with Gasteiger partial charge in [0.15, 0.2) is 5.96 Å². The van der Waals surface area contributed by atoms with Gasteiger partial charge in [0.2, 0.25) is 0 Å². The average molecular weight is 253 g/mol. The van der Waals surface area contributed by atoms with E-state index in [0.717, 1.165) is 30.9 Å². The fourth-order valence-electron chi connectivity index (χ4n) is 2.49. The van der Waals surface area contributed by atoms with Crippen LogP contribution in [0, 0.1) is 11.8 Å². The van der Waals surface area contributed by atoms with Crippen molar-refractivity contribution < 1.29 is 0 Å². The highest BCUT2D eigenvalue weighted by atomic mass is 15.3. The molecule has 1 heterocycles. The zero-order valence-corrected chi connectivity index (χ0v) is 13.0. The number of nitrogens with one attached hydrogen (secondary N) is 1. The predicted molar refractivity (Wildman–Crippen MR) is 80.0 cm³/mol. The van der Waals surface area contributed by atoms with E-state index in [1.165, 1.54) is 12.8 Å². The Kier molecular flexibility index (Phi) is 5.97. The van der Waals surface area contributed by atoms with E-state index in [1.54, 1.807) is 0 Å². The van der Waals surface area contributed by atoms with Crippen LogP contribution in [0.4, 0.5) is 0 Å². The van der Waals surface area contributed by atoms with Crippen LogP contribution in [-0.2, 0) is 0 Å². The van der Waals surface area contributed by atoms with Gasteiger partial charge in [0.25, 0.3) is 0 Å². The Morgan fingerprint density at radius 1 is 1.06 bits per heavy atom. The molecular formula is C15H31N3. The monoisotopic (exact) mass is 253 g/mol. The maximum atomic E-state index is 4.74. The Bertz CT molecular complexity index is 261. The number of piperidine rings is 1. The summed E-state index contributed by atoms with van der Waals surface area (Å²) < 4.78 is 0. The maximum absolute atomic E-state index is 4.74. The van der Waals surface area contributed by atoms with Crippen molar-refractivity contribution in [3.63, 3.8) is 0 Å². The summed E-state index contributed by atoms with van der Waals surface area (Å²) in [4.78, 5) is 7.17. The normalized spacial score (nSPS) is 19.2. The van der Waals surface area contributed by atoms with Gasteiger partial charge in [-0.3, -0.25) is 4.99 Å². The van der Waals surface area contributed by atoms with Crippen molar-refractivity contribution >= 4 is 5.96 Å².